The number of Topliss-reactive ketones (excluding diaryl/α,β-unsaturated/α-hetero) is 1. The number of hydrogen-bond acceptors (Lipinski definition) is 3. The third-order valence-corrected chi connectivity index (χ3v) is 3.19. The van der Waals surface area contributed by atoms with E-state index in [0.717, 1.165) is 19.4 Å². The summed E-state index contributed by atoms with van der Waals surface area (Å²) in [6.45, 7) is 3.39. The zero-order valence-electron chi connectivity index (χ0n) is 9.83. The number of ketones is 1. The van der Waals surface area contributed by atoms with Crippen molar-refractivity contribution >= 4 is 17.4 Å². The predicted octanol–water partition coefficient (Wildman–Crippen LogP) is 2.67. The number of carbonyl (C=O) groups is 1. The lowest BCUT2D eigenvalue weighted by molar-refractivity contribution is 0.0952. The molecule has 1 unspecified atom stereocenters. The molecule has 1 aliphatic rings. The summed E-state index contributed by atoms with van der Waals surface area (Å²) in [6.07, 6.45) is 1.96. The molecule has 1 heterocycles. The van der Waals surface area contributed by atoms with Gasteiger partial charge in [-0.15, -0.1) is 0 Å². The van der Waals surface area contributed by atoms with Crippen LogP contribution in [0, 0.1) is 0 Å². The fourth-order valence-electron chi connectivity index (χ4n) is 2.04. The van der Waals surface area contributed by atoms with Crippen molar-refractivity contribution in [2.24, 2.45) is 0 Å². The molecule has 1 aromatic carbocycles. The van der Waals surface area contributed by atoms with Gasteiger partial charge in [-0.1, -0.05) is 11.6 Å². The summed E-state index contributed by atoms with van der Waals surface area (Å²) < 4.78 is 5.34. The van der Waals surface area contributed by atoms with Gasteiger partial charge in [0.1, 0.15) is 5.75 Å². The molecule has 1 fully saturated rings. The van der Waals surface area contributed by atoms with Crippen LogP contribution in [-0.2, 0) is 0 Å². The molecule has 1 aliphatic heterocycles. The second-order valence-corrected chi connectivity index (χ2v) is 4.50. The Kier molecular flexibility index (Phi) is 4.02. The molecule has 17 heavy (non-hydrogen) atoms. The SMILES string of the molecule is CCOc1ccc(C(=O)C2CCCN2)cc1Cl. The predicted molar refractivity (Wildman–Crippen MR) is 68.0 cm³/mol. The van der Waals surface area contributed by atoms with Crippen molar-refractivity contribution in [2.75, 3.05) is 13.2 Å². The van der Waals surface area contributed by atoms with Gasteiger partial charge in [-0.3, -0.25) is 4.79 Å². The number of hydrogen-bond donors (Lipinski definition) is 1. The molecule has 1 saturated heterocycles. The van der Waals surface area contributed by atoms with E-state index in [2.05, 4.69) is 5.32 Å². The van der Waals surface area contributed by atoms with Crippen molar-refractivity contribution in [2.45, 2.75) is 25.8 Å². The number of carbonyl (C=O) groups excluding carboxylic acids is 1. The van der Waals surface area contributed by atoms with E-state index in [-0.39, 0.29) is 11.8 Å². The van der Waals surface area contributed by atoms with Gasteiger partial charge in [0, 0.05) is 5.56 Å². The molecule has 0 saturated carbocycles. The Morgan fingerprint density at radius 2 is 2.41 bits per heavy atom. The Morgan fingerprint density at radius 1 is 1.59 bits per heavy atom. The standard InChI is InChI=1S/C13H16ClNO2/c1-2-17-12-6-5-9(8-10(12)14)13(16)11-4-3-7-15-11/h5-6,8,11,15H,2-4,7H2,1H3. The van der Waals surface area contributed by atoms with Gasteiger partial charge in [0.05, 0.1) is 17.7 Å². The van der Waals surface area contributed by atoms with Gasteiger partial charge in [0.2, 0.25) is 0 Å². The van der Waals surface area contributed by atoms with Crippen LogP contribution in [0.1, 0.15) is 30.1 Å². The van der Waals surface area contributed by atoms with Crippen molar-refractivity contribution in [3.63, 3.8) is 0 Å². The van der Waals surface area contributed by atoms with E-state index in [4.69, 9.17) is 16.3 Å². The molecule has 3 nitrogen and oxygen atoms in total. The summed E-state index contributed by atoms with van der Waals surface area (Å²) in [5.41, 5.74) is 0.651. The van der Waals surface area contributed by atoms with Crippen LogP contribution < -0.4 is 10.1 Å². The van der Waals surface area contributed by atoms with Crippen molar-refractivity contribution in [3.8, 4) is 5.75 Å². The lowest BCUT2D eigenvalue weighted by Crippen LogP contribution is -2.30. The molecule has 0 aromatic heterocycles. The van der Waals surface area contributed by atoms with Gasteiger partial charge in [-0.05, 0) is 44.5 Å². The van der Waals surface area contributed by atoms with Crippen molar-refractivity contribution < 1.29 is 9.53 Å². The Hall–Kier alpha value is -1.06. The molecule has 1 N–H and O–H groups in total. The van der Waals surface area contributed by atoms with Crippen LogP contribution in [0.2, 0.25) is 5.02 Å². The molecule has 1 aromatic rings. The largest absolute Gasteiger partial charge is 0.492 e. The van der Waals surface area contributed by atoms with Crippen LogP contribution in [0.3, 0.4) is 0 Å². The van der Waals surface area contributed by atoms with Crippen LogP contribution >= 0.6 is 11.6 Å². The summed E-state index contributed by atoms with van der Waals surface area (Å²) in [6, 6.07) is 5.17. The Balaban J connectivity index is 2.16. The van der Waals surface area contributed by atoms with E-state index >= 15 is 0 Å². The van der Waals surface area contributed by atoms with E-state index in [1.54, 1.807) is 18.2 Å². The first-order valence-corrected chi connectivity index (χ1v) is 6.30. The monoisotopic (exact) mass is 253 g/mol. The molecular formula is C13H16ClNO2. The average Bonchev–Trinajstić information content (AvgIpc) is 2.84. The highest BCUT2D eigenvalue weighted by atomic mass is 35.5. The number of rotatable bonds is 4. The summed E-state index contributed by atoms with van der Waals surface area (Å²) in [5, 5.41) is 3.69. The molecule has 2 rings (SSSR count). The van der Waals surface area contributed by atoms with Crippen LogP contribution in [0.15, 0.2) is 18.2 Å². The molecule has 0 bridgehead atoms. The first kappa shape index (κ1) is 12.4. The van der Waals surface area contributed by atoms with Crippen LogP contribution in [0.4, 0.5) is 0 Å². The molecule has 1 atom stereocenters. The van der Waals surface area contributed by atoms with Gasteiger partial charge in [0.15, 0.2) is 5.78 Å². The minimum absolute atomic E-state index is 0.0518. The minimum Gasteiger partial charge on any atom is -0.492 e. The smallest absolute Gasteiger partial charge is 0.179 e. The maximum Gasteiger partial charge on any atom is 0.179 e. The van der Waals surface area contributed by atoms with E-state index in [1.165, 1.54) is 0 Å². The Labute approximate surface area is 106 Å². The lowest BCUT2D eigenvalue weighted by Gasteiger charge is -2.11. The molecule has 0 radical (unpaired) electrons. The third-order valence-electron chi connectivity index (χ3n) is 2.89. The fourth-order valence-corrected chi connectivity index (χ4v) is 2.27. The lowest BCUT2D eigenvalue weighted by atomic mass is 10.0. The van der Waals surface area contributed by atoms with Gasteiger partial charge in [-0.25, -0.2) is 0 Å². The van der Waals surface area contributed by atoms with Crippen molar-refractivity contribution in [1.29, 1.82) is 0 Å². The topological polar surface area (TPSA) is 38.3 Å². The first-order valence-electron chi connectivity index (χ1n) is 5.92. The zero-order valence-corrected chi connectivity index (χ0v) is 10.6. The Morgan fingerprint density at radius 3 is 3.00 bits per heavy atom. The Bertz CT molecular complexity index is 414. The van der Waals surface area contributed by atoms with Crippen molar-refractivity contribution in [1.82, 2.24) is 5.32 Å². The van der Waals surface area contributed by atoms with E-state index < -0.39 is 0 Å². The van der Waals surface area contributed by atoms with E-state index in [0.29, 0.717) is 22.9 Å². The van der Waals surface area contributed by atoms with Gasteiger partial charge in [-0.2, -0.15) is 0 Å². The summed E-state index contributed by atoms with van der Waals surface area (Å²) in [4.78, 5) is 12.1. The number of halogens is 1. The minimum atomic E-state index is -0.0518. The molecule has 0 spiro atoms. The second kappa shape index (κ2) is 5.52. The van der Waals surface area contributed by atoms with Gasteiger partial charge >= 0.3 is 0 Å². The molecule has 0 aliphatic carbocycles. The summed E-state index contributed by atoms with van der Waals surface area (Å²) >= 11 is 6.06. The fraction of sp³-hybridized carbons (Fsp3) is 0.462. The second-order valence-electron chi connectivity index (χ2n) is 4.09. The highest BCUT2D eigenvalue weighted by Crippen LogP contribution is 2.26. The van der Waals surface area contributed by atoms with E-state index in [1.807, 2.05) is 6.92 Å². The summed E-state index contributed by atoms with van der Waals surface area (Å²) in [5.74, 6) is 0.748. The summed E-state index contributed by atoms with van der Waals surface area (Å²) in [7, 11) is 0. The zero-order chi connectivity index (χ0) is 12.3. The van der Waals surface area contributed by atoms with Crippen LogP contribution in [-0.4, -0.2) is 25.0 Å². The maximum absolute atomic E-state index is 12.1. The normalized spacial score (nSPS) is 19.3. The first-order chi connectivity index (χ1) is 8.22. The quantitative estimate of drug-likeness (QED) is 0.839. The highest BCUT2D eigenvalue weighted by Gasteiger charge is 2.23. The maximum atomic E-state index is 12.1. The third kappa shape index (κ3) is 2.79. The van der Waals surface area contributed by atoms with Crippen LogP contribution in [0.25, 0.3) is 0 Å². The number of benzene rings is 1. The van der Waals surface area contributed by atoms with Gasteiger partial charge < -0.3 is 10.1 Å². The average molecular weight is 254 g/mol. The molecular weight excluding hydrogens is 238 g/mol. The van der Waals surface area contributed by atoms with Crippen LogP contribution in [0.5, 0.6) is 5.75 Å². The van der Waals surface area contributed by atoms with Gasteiger partial charge in [0.25, 0.3) is 0 Å². The number of ether oxygens (including phenoxy) is 1. The molecule has 4 heteroatoms. The van der Waals surface area contributed by atoms with E-state index in [9.17, 15) is 4.79 Å². The molecule has 92 valence electrons. The van der Waals surface area contributed by atoms with Crippen molar-refractivity contribution in [3.05, 3.63) is 28.8 Å². The number of nitrogens with one attached hydrogen (secondary N) is 1. The molecule has 0 amide bonds. The highest BCUT2D eigenvalue weighted by molar-refractivity contribution is 6.32.